The smallest absolute Gasteiger partial charge is 0.465 e. The molecule has 0 aliphatic rings. The van der Waals surface area contributed by atoms with Gasteiger partial charge in [0.25, 0.3) is 0 Å². The van der Waals surface area contributed by atoms with Crippen LogP contribution in [-0.4, -0.2) is 51.3 Å². The molecule has 30 heavy (non-hydrogen) atoms. The summed E-state index contributed by atoms with van der Waals surface area (Å²) in [4.78, 5) is 24.1. The second-order valence-electron chi connectivity index (χ2n) is 5.41. The summed E-state index contributed by atoms with van der Waals surface area (Å²) in [6.45, 7) is 0. The predicted molar refractivity (Wildman–Crippen MR) is 101 cm³/mol. The van der Waals surface area contributed by atoms with E-state index in [0.29, 0.717) is 11.4 Å². The topological polar surface area (TPSA) is 108 Å². The summed E-state index contributed by atoms with van der Waals surface area (Å²) in [6, 6.07) is 6.51. The minimum Gasteiger partial charge on any atom is -0.465 e. The molecule has 3 rings (SSSR count). The molecule has 0 saturated carbocycles. The Hall–Kier alpha value is -3.13. The number of nitrogens with one attached hydrogen (secondary N) is 1. The third-order valence-corrected chi connectivity index (χ3v) is 5.21. The molecule has 0 fully saturated rings. The third kappa shape index (κ3) is 5.48. The van der Waals surface area contributed by atoms with Crippen LogP contribution in [0.15, 0.2) is 40.9 Å². The largest absolute Gasteiger partial charge is 0.573 e. The fourth-order valence-corrected chi connectivity index (χ4v) is 3.65. The molecule has 1 amide bonds. The van der Waals surface area contributed by atoms with E-state index in [9.17, 15) is 22.8 Å². The Morgan fingerprint density at radius 2 is 1.97 bits per heavy atom. The van der Waals surface area contributed by atoms with E-state index < -0.39 is 18.2 Å². The normalized spacial score (nSPS) is 11.2. The van der Waals surface area contributed by atoms with Crippen molar-refractivity contribution in [2.75, 3.05) is 18.2 Å². The van der Waals surface area contributed by atoms with Crippen molar-refractivity contribution in [3.63, 3.8) is 0 Å². The van der Waals surface area contributed by atoms with Gasteiger partial charge in [0, 0.05) is 0 Å². The van der Waals surface area contributed by atoms with Crippen LogP contribution in [0.2, 0.25) is 0 Å². The summed E-state index contributed by atoms with van der Waals surface area (Å²) in [5.41, 5.74) is 0.709. The molecule has 0 unspecified atom stereocenters. The molecule has 0 aliphatic carbocycles. The van der Waals surface area contributed by atoms with Gasteiger partial charge in [0.05, 0.1) is 24.2 Å². The van der Waals surface area contributed by atoms with Gasteiger partial charge in [-0.3, -0.25) is 4.79 Å². The van der Waals surface area contributed by atoms with Gasteiger partial charge >= 0.3 is 12.3 Å². The first-order chi connectivity index (χ1) is 14.3. The number of tetrazole rings is 1. The number of nitrogens with zero attached hydrogens (tertiary/aromatic N) is 4. The van der Waals surface area contributed by atoms with Crippen molar-refractivity contribution in [3.8, 4) is 11.4 Å². The number of rotatable bonds is 7. The Labute approximate surface area is 175 Å². The number of anilines is 1. The van der Waals surface area contributed by atoms with Crippen molar-refractivity contribution in [2.45, 2.75) is 11.5 Å². The van der Waals surface area contributed by atoms with Gasteiger partial charge in [-0.2, -0.15) is 4.68 Å². The maximum atomic E-state index is 12.3. The molecule has 0 atom stereocenters. The monoisotopic (exact) mass is 459 g/mol. The molecule has 2 heterocycles. The molecule has 9 nitrogen and oxygen atoms in total. The number of halogens is 3. The highest BCUT2D eigenvalue weighted by Gasteiger charge is 2.31. The van der Waals surface area contributed by atoms with Crippen molar-refractivity contribution < 1.29 is 32.2 Å². The highest BCUT2D eigenvalue weighted by atomic mass is 32.2. The zero-order valence-electron chi connectivity index (χ0n) is 15.0. The second kappa shape index (κ2) is 9.13. The first kappa shape index (κ1) is 21.6. The number of thioether (sulfide) groups is 1. The molecule has 14 heteroatoms. The van der Waals surface area contributed by atoms with Gasteiger partial charge < -0.3 is 14.8 Å². The van der Waals surface area contributed by atoms with Gasteiger partial charge in [0.1, 0.15) is 10.6 Å². The van der Waals surface area contributed by atoms with Gasteiger partial charge in [-0.05, 0) is 46.1 Å². The lowest BCUT2D eigenvalue weighted by Gasteiger charge is -2.09. The molecule has 0 bridgehead atoms. The number of aromatic nitrogens is 4. The number of methoxy groups -OCH3 is 1. The van der Waals surface area contributed by atoms with Gasteiger partial charge in [-0.1, -0.05) is 11.8 Å². The molecule has 0 saturated heterocycles. The first-order valence-electron chi connectivity index (χ1n) is 8.00. The molecule has 0 spiro atoms. The van der Waals surface area contributed by atoms with Crippen LogP contribution in [0, 0.1) is 0 Å². The van der Waals surface area contributed by atoms with E-state index in [1.807, 2.05) is 0 Å². The molecule has 0 aliphatic heterocycles. The van der Waals surface area contributed by atoms with Crippen LogP contribution in [0.25, 0.3) is 5.69 Å². The summed E-state index contributed by atoms with van der Waals surface area (Å²) in [7, 11) is 1.24. The second-order valence-corrected chi connectivity index (χ2v) is 7.27. The summed E-state index contributed by atoms with van der Waals surface area (Å²) in [6.07, 6.45) is -4.79. The van der Waals surface area contributed by atoms with E-state index in [1.54, 1.807) is 11.4 Å². The molecule has 0 radical (unpaired) electrons. The molecule has 1 N–H and O–H groups in total. The van der Waals surface area contributed by atoms with Crippen LogP contribution in [0.5, 0.6) is 5.75 Å². The van der Waals surface area contributed by atoms with Crippen molar-refractivity contribution in [1.29, 1.82) is 0 Å². The van der Waals surface area contributed by atoms with Crippen molar-refractivity contribution in [2.24, 2.45) is 0 Å². The van der Waals surface area contributed by atoms with Gasteiger partial charge in [0.2, 0.25) is 11.1 Å². The van der Waals surface area contributed by atoms with Gasteiger partial charge in [-0.25, -0.2) is 4.79 Å². The average Bonchev–Trinajstić information content (AvgIpc) is 3.34. The third-order valence-electron chi connectivity index (χ3n) is 3.40. The number of esters is 1. The molecule has 3 aromatic rings. The number of carbonyl (C=O) groups excluding carboxylic acids is 2. The molecule has 1 aromatic carbocycles. The van der Waals surface area contributed by atoms with Crippen LogP contribution in [0.4, 0.5) is 18.9 Å². The van der Waals surface area contributed by atoms with Crippen LogP contribution in [0.1, 0.15) is 9.67 Å². The fraction of sp³-hybridized carbons (Fsp3) is 0.188. The maximum absolute atomic E-state index is 12.3. The van der Waals surface area contributed by atoms with E-state index in [-0.39, 0.29) is 21.5 Å². The number of ether oxygens (including phenoxy) is 2. The Morgan fingerprint density at radius 3 is 2.63 bits per heavy atom. The van der Waals surface area contributed by atoms with E-state index in [0.717, 1.165) is 35.2 Å². The maximum Gasteiger partial charge on any atom is 0.573 e. The highest BCUT2D eigenvalue weighted by Crippen LogP contribution is 2.26. The number of hydrogen-bond donors (Lipinski definition) is 1. The molecule has 2 aromatic heterocycles. The number of amides is 1. The number of benzene rings is 1. The number of alkyl halides is 3. The van der Waals surface area contributed by atoms with E-state index in [2.05, 4.69) is 30.3 Å². The standard InChI is InChI=1S/C16H12F3N5O4S2/c1-27-14(26)13-11(6-7-29-13)20-12(25)8-30-15-21-22-23-24(15)9-2-4-10(5-3-9)28-16(17,18)19/h2-7H,8H2,1H3,(H,20,25). The van der Waals surface area contributed by atoms with Gasteiger partial charge in [0.15, 0.2) is 0 Å². The average molecular weight is 459 g/mol. The van der Waals surface area contributed by atoms with E-state index >= 15 is 0 Å². The molecular weight excluding hydrogens is 447 g/mol. The minimum atomic E-state index is -4.79. The number of carbonyl (C=O) groups is 2. The lowest BCUT2D eigenvalue weighted by Crippen LogP contribution is -2.17. The summed E-state index contributed by atoms with van der Waals surface area (Å²) in [5.74, 6) is -1.43. The SMILES string of the molecule is COC(=O)c1sccc1NC(=O)CSc1nnnn1-c1ccc(OC(F)(F)F)cc1. The summed E-state index contributed by atoms with van der Waals surface area (Å²) >= 11 is 2.13. The quantitative estimate of drug-likeness (QED) is 0.424. The predicted octanol–water partition coefficient (Wildman–Crippen LogP) is 3.14. The van der Waals surface area contributed by atoms with Crippen molar-refractivity contribution in [3.05, 3.63) is 40.6 Å². The minimum absolute atomic E-state index is 0.0773. The van der Waals surface area contributed by atoms with E-state index in [1.165, 1.54) is 23.9 Å². The van der Waals surface area contributed by atoms with Crippen LogP contribution >= 0.6 is 23.1 Å². The first-order valence-corrected chi connectivity index (χ1v) is 9.86. The number of hydrogen-bond acceptors (Lipinski definition) is 9. The Bertz CT molecular complexity index is 1040. The zero-order chi connectivity index (χ0) is 21.7. The number of thiophene rings is 1. The van der Waals surface area contributed by atoms with Crippen molar-refractivity contribution in [1.82, 2.24) is 20.2 Å². The van der Waals surface area contributed by atoms with Crippen molar-refractivity contribution >= 4 is 40.7 Å². The molecule has 158 valence electrons. The summed E-state index contributed by atoms with van der Waals surface area (Å²) < 4.78 is 46.5. The van der Waals surface area contributed by atoms with Crippen LogP contribution in [-0.2, 0) is 9.53 Å². The lowest BCUT2D eigenvalue weighted by atomic mass is 10.3. The fourth-order valence-electron chi connectivity index (χ4n) is 2.19. The Balaban J connectivity index is 1.63. The van der Waals surface area contributed by atoms with E-state index in [4.69, 9.17) is 0 Å². The Kier molecular flexibility index (Phi) is 6.56. The van der Waals surface area contributed by atoms with Crippen LogP contribution in [0.3, 0.4) is 0 Å². The molecular formula is C16H12F3N5O4S2. The lowest BCUT2D eigenvalue weighted by molar-refractivity contribution is -0.274. The van der Waals surface area contributed by atoms with Gasteiger partial charge in [-0.15, -0.1) is 29.6 Å². The summed E-state index contributed by atoms with van der Waals surface area (Å²) in [5, 5.41) is 15.6. The highest BCUT2D eigenvalue weighted by molar-refractivity contribution is 7.99. The van der Waals surface area contributed by atoms with Crippen LogP contribution < -0.4 is 10.1 Å². The zero-order valence-corrected chi connectivity index (χ0v) is 16.7. The Morgan fingerprint density at radius 1 is 1.23 bits per heavy atom.